The van der Waals surface area contributed by atoms with E-state index in [1.54, 1.807) is 0 Å². The fraction of sp³-hybridized carbons (Fsp3) is 0.667. The van der Waals surface area contributed by atoms with Gasteiger partial charge < -0.3 is 10.1 Å². The lowest BCUT2D eigenvalue weighted by Gasteiger charge is -2.34. The molecule has 1 N–H and O–H groups in total. The number of rotatable bonds is 5. The van der Waals surface area contributed by atoms with E-state index >= 15 is 0 Å². The number of benzene rings is 1. The number of carbonyl (C=O) groups is 1. The van der Waals surface area contributed by atoms with Gasteiger partial charge in [-0.05, 0) is 75.5 Å². The van der Waals surface area contributed by atoms with Crippen LogP contribution in [0.15, 0.2) is 18.2 Å². The summed E-state index contributed by atoms with van der Waals surface area (Å²) in [7, 11) is 0. The van der Waals surface area contributed by atoms with Crippen LogP contribution in [0.5, 0.6) is 5.75 Å². The highest BCUT2D eigenvalue weighted by Gasteiger charge is 2.29. The molecule has 1 aliphatic carbocycles. The van der Waals surface area contributed by atoms with Crippen molar-refractivity contribution in [1.82, 2.24) is 5.32 Å². The predicted octanol–water partition coefficient (Wildman–Crippen LogP) is 4.66. The summed E-state index contributed by atoms with van der Waals surface area (Å²) in [5, 5.41) is 3.15. The Morgan fingerprint density at radius 3 is 2.50 bits per heavy atom. The molecular formula is C21H33NO2. The number of hydrogen-bond acceptors (Lipinski definition) is 2. The third-order valence-electron chi connectivity index (χ3n) is 4.46. The van der Waals surface area contributed by atoms with Gasteiger partial charge in [0.05, 0.1) is 0 Å². The Kier molecular flexibility index (Phi) is 5.62. The molecule has 0 fully saturated rings. The van der Waals surface area contributed by atoms with Crippen molar-refractivity contribution in [2.45, 2.75) is 85.3 Å². The Labute approximate surface area is 147 Å². The summed E-state index contributed by atoms with van der Waals surface area (Å²) in [6, 6.07) is 6.21. The molecule has 0 saturated heterocycles. The summed E-state index contributed by atoms with van der Waals surface area (Å²) >= 11 is 0. The van der Waals surface area contributed by atoms with Gasteiger partial charge in [-0.2, -0.15) is 0 Å². The zero-order valence-corrected chi connectivity index (χ0v) is 16.2. The first kappa shape index (κ1) is 18.8. The lowest BCUT2D eigenvalue weighted by atomic mass is 9.81. The van der Waals surface area contributed by atoms with Crippen LogP contribution >= 0.6 is 0 Å². The number of amides is 1. The SMILES string of the molecule is C[C@@H](Oc1cccc2c1CCCC2)C(=O)NC(C)(C)CC(C)(C)C. The lowest BCUT2D eigenvalue weighted by Crippen LogP contribution is -2.50. The van der Waals surface area contributed by atoms with E-state index in [0.29, 0.717) is 0 Å². The molecule has 0 heterocycles. The van der Waals surface area contributed by atoms with Crippen LogP contribution in [-0.4, -0.2) is 17.6 Å². The fourth-order valence-electron chi connectivity index (χ4n) is 3.91. The Morgan fingerprint density at radius 2 is 1.83 bits per heavy atom. The van der Waals surface area contributed by atoms with Gasteiger partial charge in [-0.25, -0.2) is 0 Å². The van der Waals surface area contributed by atoms with E-state index in [0.717, 1.165) is 25.0 Å². The molecule has 0 unspecified atom stereocenters. The van der Waals surface area contributed by atoms with Crippen molar-refractivity contribution < 1.29 is 9.53 Å². The second-order valence-electron chi connectivity index (χ2n) is 8.97. The third kappa shape index (κ3) is 5.25. The molecule has 3 heteroatoms. The second kappa shape index (κ2) is 7.16. The first-order chi connectivity index (χ1) is 11.1. The van der Waals surface area contributed by atoms with Crippen molar-refractivity contribution in [2.24, 2.45) is 5.41 Å². The second-order valence-corrected chi connectivity index (χ2v) is 8.97. The number of aryl methyl sites for hydroxylation is 1. The monoisotopic (exact) mass is 331 g/mol. The number of carbonyl (C=O) groups excluding carboxylic acids is 1. The third-order valence-corrected chi connectivity index (χ3v) is 4.46. The quantitative estimate of drug-likeness (QED) is 0.852. The molecule has 1 atom stereocenters. The van der Waals surface area contributed by atoms with Gasteiger partial charge in [-0.15, -0.1) is 0 Å². The summed E-state index contributed by atoms with van der Waals surface area (Å²) < 4.78 is 6.04. The van der Waals surface area contributed by atoms with Crippen molar-refractivity contribution in [3.8, 4) is 5.75 Å². The summed E-state index contributed by atoms with van der Waals surface area (Å²) in [6.07, 6.45) is 5.04. The normalized spacial score (nSPS) is 16.2. The van der Waals surface area contributed by atoms with Crippen LogP contribution in [-0.2, 0) is 17.6 Å². The van der Waals surface area contributed by atoms with Crippen LogP contribution in [0.4, 0.5) is 0 Å². The Bertz CT molecular complexity index is 584. The molecule has 0 spiro atoms. The predicted molar refractivity (Wildman–Crippen MR) is 99.5 cm³/mol. The van der Waals surface area contributed by atoms with E-state index < -0.39 is 6.10 Å². The molecule has 0 radical (unpaired) electrons. The first-order valence-corrected chi connectivity index (χ1v) is 9.17. The minimum Gasteiger partial charge on any atom is -0.481 e. The molecular weight excluding hydrogens is 298 g/mol. The highest BCUT2D eigenvalue weighted by atomic mass is 16.5. The van der Waals surface area contributed by atoms with Gasteiger partial charge in [0.25, 0.3) is 5.91 Å². The lowest BCUT2D eigenvalue weighted by molar-refractivity contribution is -0.129. The highest BCUT2D eigenvalue weighted by Crippen LogP contribution is 2.30. The molecule has 0 aliphatic heterocycles. The highest BCUT2D eigenvalue weighted by molar-refractivity contribution is 5.81. The Balaban J connectivity index is 2.02. The molecule has 1 amide bonds. The van der Waals surface area contributed by atoms with Crippen molar-refractivity contribution in [3.63, 3.8) is 0 Å². The van der Waals surface area contributed by atoms with Crippen LogP contribution in [0.2, 0.25) is 0 Å². The maximum atomic E-state index is 12.6. The number of fused-ring (bicyclic) bond motifs is 1. The van der Waals surface area contributed by atoms with E-state index in [-0.39, 0.29) is 16.9 Å². The van der Waals surface area contributed by atoms with Crippen LogP contribution in [0.1, 0.15) is 71.9 Å². The van der Waals surface area contributed by atoms with E-state index in [9.17, 15) is 4.79 Å². The van der Waals surface area contributed by atoms with Crippen LogP contribution in [0, 0.1) is 5.41 Å². The van der Waals surface area contributed by atoms with E-state index in [2.05, 4.69) is 46.0 Å². The minimum absolute atomic E-state index is 0.0438. The fourth-order valence-corrected chi connectivity index (χ4v) is 3.91. The average Bonchev–Trinajstić information content (AvgIpc) is 2.44. The zero-order valence-electron chi connectivity index (χ0n) is 16.2. The molecule has 1 aromatic carbocycles. The van der Waals surface area contributed by atoms with Gasteiger partial charge in [-0.1, -0.05) is 32.9 Å². The van der Waals surface area contributed by atoms with E-state index in [1.807, 2.05) is 19.1 Å². The number of ether oxygens (including phenoxy) is 1. The van der Waals surface area contributed by atoms with Crippen molar-refractivity contribution >= 4 is 5.91 Å². The van der Waals surface area contributed by atoms with Gasteiger partial charge >= 0.3 is 0 Å². The average molecular weight is 332 g/mol. The molecule has 134 valence electrons. The van der Waals surface area contributed by atoms with Gasteiger partial charge in [0.2, 0.25) is 0 Å². The Morgan fingerprint density at radius 1 is 1.17 bits per heavy atom. The topological polar surface area (TPSA) is 38.3 Å². The van der Waals surface area contributed by atoms with Gasteiger partial charge in [0, 0.05) is 5.54 Å². The molecule has 3 nitrogen and oxygen atoms in total. The van der Waals surface area contributed by atoms with Gasteiger partial charge in [-0.3, -0.25) is 4.79 Å². The molecule has 24 heavy (non-hydrogen) atoms. The van der Waals surface area contributed by atoms with Crippen LogP contribution in [0.3, 0.4) is 0 Å². The van der Waals surface area contributed by atoms with Crippen molar-refractivity contribution in [3.05, 3.63) is 29.3 Å². The summed E-state index contributed by atoms with van der Waals surface area (Å²) in [5.74, 6) is 0.834. The van der Waals surface area contributed by atoms with Crippen molar-refractivity contribution in [1.29, 1.82) is 0 Å². The molecule has 2 rings (SSSR count). The zero-order chi connectivity index (χ0) is 18.0. The first-order valence-electron chi connectivity index (χ1n) is 9.17. The maximum Gasteiger partial charge on any atom is 0.261 e. The minimum atomic E-state index is -0.488. The standard InChI is InChI=1S/C21H33NO2/c1-15(19(23)22-21(5,6)14-20(2,3)4)24-18-13-9-11-16-10-7-8-12-17(16)18/h9,11,13,15H,7-8,10,12,14H2,1-6H3,(H,22,23)/t15-/m1/s1. The van der Waals surface area contributed by atoms with Gasteiger partial charge in [0.1, 0.15) is 5.75 Å². The summed E-state index contributed by atoms with van der Waals surface area (Å²) in [4.78, 5) is 12.6. The number of nitrogens with one attached hydrogen (secondary N) is 1. The maximum absolute atomic E-state index is 12.6. The molecule has 0 bridgehead atoms. The van der Waals surface area contributed by atoms with E-state index in [4.69, 9.17) is 4.74 Å². The number of hydrogen-bond donors (Lipinski definition) is 1. The smallest absolute Gasteiger partial charge is 0.261 e. The summed E-state index contributed by atoms with van der Waals surface area (Å²) in [5.41, 5.74) is 2.58. The van der Waals surface area contributed by atoms with E-state index in [1.165, 1.54) is 24.0 Å². The molecule has 0 saturated carbocycles. The largest absolute Gasteiger partial charge is 0.481 e. The van der Waals surface area contributed by atoms with Crippen LogP contribution in [0.25, 0.3) is 0 Å². The van der Waals surface area contributed by atoms with Crippen LogP contribution < -0.4 is 10.1 Å². The van der Waals surface area contributed by atoms with Gasteiger partial charge in [0.15, 0.2) is 6.10 Å². The Hall–Kier alpha value is -1.51. The van der Waals surface area contributed by atoms with Crippen molar-refractivity contribution in [2.75, 3.05) is 0 Å². The molecule has 1 aliphatic rings. The molecule has 1 aromatic rings. The summed E-state index contributed by atoms with van der Waals surface area (Å²) in [6.45, 7) is 12.6. The molecule has 0 aromatic heterocycles.